The van der Waals surface area contributed by atoms with Crippen LogP contribution in [-0.4, -0.2) is 36.0 Å². The zero-order valence-electron chi connectivity index (χ0n) is 9.53. The summed E-state index contributed by atoms with van der Waals surface area (Å²) < 4.78 is 16.3. The third kappa shape index (κ3) is 3.42. The van der Waals surface area contributed by atoms with Gasteiger partial charge in [-0.2, -0.15) is 0 Å². The van der Waals surface area contributed by atoms with Crippen molar-refractivity contribution in [2.24, 2.45) is 0 Å². The van der Waals surface area contributed by atoms with Crippen LogP contribution >= 0.6 is 0 Å². The van der Waals surface area contributed by atoms with Crippen LogP contribution in [0.4, 0.5) is 0 Å². The Morgan fingerprint density at radius 3 is 2.27 bits per heavy atom. The lowest BCUT2D eigenvalue weighted by Crippen LogP contribution is -2.50. The van der Waals surface area contributed by atoms with Gasteiger partial charge in [0.05, 0.1) is 13.2 Å². The molecule has 1 atom stereocenters. The molecule has 0 spiro atoms. The minimum atomic E-state index is -2.22. The molecule has 1 rings (SSSR count). The van der Waals surface area contributed by atoms with E-state index in [1.165, 1.54) is 0 Å². The normalized spacial score (nSPS) is 14.9. The van der Waals surface area contributed by atoms with Crippen LogP contribution in [0.5, 0.6) is 0 Å². The van der Waals surface area contributed by atoms with Crippen LogP contribution < -0.4 is 5.19 Å². The molecule has 0 fully saturated rings. The summed E-state index contributed by atoms with van der Waals surface area (Å²) >= 11 is 0. The van der Waals surface area contributed by atoms with Gasteiger partial charge in [0, 0.05) is 14.2 Å². The molecule has 84 valence electrons. The smallest absolute Gasteiger partial charge is 0.369 e. The first-order valence-corrected chi connectivity index (χ1v) is 7.28. The van der Waals surface area contributed by atoms with Gasteiger partial charge in [0.25, 0.3) is 0 Å². The third-order valence-corrected chi connectivity index (χ3v) is 5.27. The van der Waals surface area contributed by atoms with E-state index in [2.05, 4.69) is 0 Å². The highest BCUT2D eigenvalue weighted by Crippen LogP contribution is 2.06. The molecule has 0 aromatic heterocycles. The summed E-state index contributed by atoms with van der Waals surface area (Å²) in [5, 5.41) is 1.14. The van der Waals surface area contributed by atoms with Gasteiger partial charge >= 0.3 is 8.56 Å². The van der Waals surface area contributed by atoms with Crippen molar-refractivity contribution in [1.29, 1.82) is 0 Å². The molecule has 0 N–H and O–H groups in total. The maximum atomic E-state index is 5.80. The maximum Gasteiger partial charge on any atom is 0.369 e. The van der Waals surface area contributed by atoms with Crippen molar-refractivity contribution in [3.05, 3.63) is 30.3 Å². The minimum absolute atomic E-state index is 0.571. The second-order valence-corrected chi connectivity index (χ2v) is 6.52. The average Bonchev–Trinajstić information content (AvgIpc) is 2.30. The van der Waals surface area contributed by atoms with Gasteiger partial charge in [-0.3, -0.25) is 0 Å². The fourth-order valence-electron chi connectivity index (χ4n) is 1.32. The number of rotatable bonds is 6. The number of hydrogen-bond acceptors (Lipinski definition) is 3. The van der Waals surface area contributed by atoms with Crippen molar-refractivity contribution < 1.29 is 13.6 Å². The van der Waals surface area contributed by atoms with Crippen LogP contribution in [-0.2, 0) is 13.6 Å². The van der Waals surface area contributed by atoms with Crippen LogP contribution in [0.3, 0.4) is 0 Å². The first-order valence-electron chi connectivity index (χ1n) is 4.96. The molecule has 0 amide bonds. The van der Waals surface area contributed by atoms with Gasteiger partial charge < -0.3 is 13.6 Å². The zero-order valence-corrected chi connectivity index (χ0v) is 10.5. The van der Waals surface area contributed by atoms with Gasteiger partial charge in [0.1, 0.15) is 0 Å². The fraction of sp³-hybridized carbons (Fsp3) is 0.455. The Hall–Kier alpha value is -0.683. The van der Waals surface area contributed by atoms with Crippen LogP contribution in [0.1, 0.15) is 0 Å². The molecule has 1 aromatic carbocycles. The number of benzene rings is 1. The van der Waals surface area contributed by atoms with Crippen molar-refractivity contribution in [3.63, 3.8) is 0 Å². The lowest BCUT2D eigenvalue weighted by molar-refractivity contribution is 0.124. The van der Waals surface area contributed by atoms with Crippen LogP contribution in [0.2, 0.25) is 6.55 Å². The Bertz CT molecular complexity index is 278. The molecule has 0 saturated heterocycles. The third-order valence-electron chi connectivity index (χ3n) is 2.35. The molecule has 0 aliphatic heterocycles. The highest BCUT2D eigenvalue weighted by Gasteiger charge is 2.32. The predicted octanol–water partition coefficient (Wildman–Crippen LogP) is 1.27. The van der Waals surface area contributed by atoms with Crippen molar-refractivity contribution in [1.82, 2.24) is 0 Å². The van der Waals surface area contributed by atoms with Gasteiger partial charge in [-0.15, -0.1) is 0 Å². The molecule has 0 saturated carbocycles. The second-order valence-electron chi connectivity index (χ2n) is 3.36. The standard InChI is InChI=1S/C11H18O3Si/c1-12-9-10-14-15(3,13-2)11-7-5-4-6-8-11/h4-8H,9-10H2,1-3H3. The van der Waals surface area contributed by atoms with Crippen molar-refractivity contribution in [3.8, 4) is 0 Å². The quantitative estimate of drug-likeness (QED) is 0.540. The fourth-order valence-corrected chi connectivity index (χ4v) is 3.11. The minimum Gasteiger partial charge on any atom is -0.394 e. The topological polar surface area (TPSA) is 27.7 Å². The largest absolute Gasteiger partial charge is 0.394 e. The molecule has 0 aliphatic carbocycles. The second kappa shape index (κ2) is 6.02. The zero-order chi connectivity index (χ0) is 11.1. The Kier molecular flexibility index (Phi) is 4.97. The van der Waals surface area contributed by atoms with E-state index in [-0.39, 0.29) is 0 Å². The molecule has 15 heavy (non-hydrogen) atoms. The summed E-state index contributed by atoms with van der Waals surface area (Å²) in [5.41, 5.74) is 0. The van der Waals surface area contributed by atoms with Crippen LogP contribution in [0, 0.1) is 0 Å². The van der Waals surface area contributed by atoms with E-state index in [0.29, 0.717) is 13.2 Å². The summed E-state index contributed by atoms with van der Waals surface area (Å²) in [6.45, 7) is 3.21. The van der Waals surface area contributed by atoms with Crippen molar-refractivity contribution >= 4 is 13.7 Å². The van der Waals surface area contributed by atoms with E-state index in [9.17, 15) is 0 Å². The van der Waals surface area contributed by atoms with Gasteiger partial charge in [-0.05, 0) is 11.7 Å². The first-order chi connectivity index (χ1) is 7.23. The van der Waals surface area contributed by atoms with E-state index < -0.39 is 8.56 Å². The summed E-state index contributed by atoms with van der Waals surface area (Å²) in [4.78, 5) is 0. The molecular weight excluding hydrogens is 208 g/mol. The maximum absolute atomic E-state index is 5.80. The van der Waals surface area contributed by atoms with E-state index in [1.54, 1.807) is 14.2 Å². The Balaban J connectivity index is 2.67. The summed E-state index contributed by atoms with van der Waals surface area (Å²) in [6, 6.07) is 10.1. The monoisotopic (exact) mass is 226 g/mol. The first kappa shape index (κ1) is 12.4. The lowest BCUT2D eigenvalue weighted by Gasteiger charge is -2.25. The number of ether oxygens (including phenoxy) is 1. The molecule has 4 heteroatoms. The summed E-state index contributed by atoms with van der Waals surface area (Å²) in [6.07, 6.45) is 0. The number of hydrogen-bond donors (Lipinski definition) is 0. The molecule has 3 nitrogen and oxygen atoms in total. The highest BCUT2D eigenvalue weighted by atomic mass is 28.4. The van der Waals surface area contributed by atoms with Gasteiger partial charge in [0.2, 0.25) is 0 Å². The summed E-state index contributed by atoms with van der Waals surface area (Å²) in [5.74, 6) is 0. The Morgan fingerprint density at radius 2 is 1.73 bits per heavy atom. The molecule has 1 unspecified atom stereocenters. The van der Waals surface area contributed by atoms with Gasteiger partial charge in [-0.25, -0.2) is 0 Å². The van der Waals surface area contributed by atoms with Gasteiger partial charge in [-0.1, -0.05) is 30.3 Å². The number of methoxy groups -OCH3 is 1. The molecule has 1 aromatic rings. The van der Waals surface area contributed by atoms with E-state index in [0.717, 1.165) is 5.19 Å². The predicted molar refractivity (Wildman–Crippen MR) is 62.5 cm³/mol. The SMILES string of the molecule is COCCO[Si](C)(OC)c1ccccc1. The van der Waals surface area contributed by atoms with E-state index in [4.69, 9.17) is 13.6 Å². The Labute approximate surface area is 92.2 Å². The molecule has 0 heterocycles. The molecule has 0 radical (unpaired) electrons. The molecular formula is C11H18O3Si. The molecule has 0 aliphatic rings. The summed E-state index contributed by atoms with van der Waals surface area (Å²) in [7, 11) is 1.15. The average molecular weight is 226 g/mol. The van der Waals surface area contributed by atoms with E-state index in [1.807, 2.05) is 36.9 Å². The van der Waals surface area contributed by atoms with Crippen molar-refractivity contribution in [2.45, 2.75) is 6.55 Å². The van der Waals surface area contributed by atoms with Crippen LogP contribution in [0.25, 0.3) is 0 Å². The Morgan fingerprint density at radius 1 is 1.07 bits per heavy atom. The molecule has 0 bridgehead atoms. The van der Waals surface area contributed by atoms with Gasteiger partial charge in [0.15, 0.2) is 0 Å². The van der Waals surface area contributed by atoms with Crippen LogP contribution in [0.15, 0.2) is 30.3 Å². The lowest BCUT2D eigenvalue weighted by atomic mass is 10.4. The van der Waals surface area contributed by atoms with Crippen molar-refractivity contribution in [2.75, 3.05) is 27.4 Å². The van der Waals surface area contributed by atoms with E-state index >= 15 is 0 Å². The highest BCUT2D eigenvalue weighted by molar-refractivity contribution is 6.79.